The number of aryl methyl sites for hydroxylation is 1. The minimum atomic E-state index is -0.907. The van der Waals surface area contributed by atoms with Gasteiger partial charge < -0.3 is 10.0 Å². The van der Waals surface area contributed by atoms with Crippen molar-refractivity contribution in [1.29, 1.82) is 0 Å². The first-order valence-corrected chi connectivity index (χ1v) is 7.90. The minimum Gasteiger partial charge on any atom is -0.478 e. The molecule has 1 aromatic carbocycles. The van der Waals surface area contributed by atoms with E-state index in [4.69, 9.17) is 5.11 Å². The molecule has 1 fully saturated rings. The lowest BCUT2D eigenvalue weighted by atomic mass is 9.96. The van der Waals surface area contributed by atoms with Gasteiger partial charge in [-0.3, -0.25) is 0 Å². The van der Waals surface area contributed by atoms with E-state index in [2.05, 4.69) is 30.9 Å². The monoisotopic (exact) mass is 287 g/mol. The third-order valence-electron chi connectivity index (χ3n) is 4.20. The van der Waals surface area contributed by atoms with Crippen molar-refractivity contribution in [3.05, 3.63) is 35.4 Å². The summed E-state index contributed by atoms with van der Waals surface area (Å²) in [6, 6.07) is 6.89. The number of carbonyl (C=O) groups is 1. The highest BCUT2D eigenvalue weighted by Crippen LogP contribution is 2.30. The van der Waals surface area contributed by atoms with Gasteiger partial charge in [-0.15, -0.1) is 0 Å². The molecule has 1 aromatic rings. The average molecular weight is 287 g/mol. The van der Waals surface area contributed by atoms with Crippen LogP contribution in [0.2, 0.25) is 0 Å². The van der Waals surface area contributed by atoms with Crippen LogP contribution in [0.4, 0.5) is 5.69 Å². The molecule has 1 heterocycles. The van der Waals surface area contributed by atoms with Crippen molar-refractivity contribution in [3.63, 3.8) is 0 Å². The number of carboxylic acid groups (broad SMARTS) is 1. The van der Waals surface area contributed by atoms with Crippen LogP contribution in [0.25, 0.3) is 6.08 Å². The lowest BCUT2D eigenvalue weighted by Crippen LogP contribution is -2.39. The number of aliphatic carboxylic acids is 1. The van der Waals surface area contributed by atoms with Gasteiger partial charge in [0.05, 0.1) is 0 Å². The highest BCUT2D eigenvalue weighted by molar-refractivity contribution is 5.85. The Morgan fingerprint density at radius 2 is 2.24 bits per heavy atom. The standard InChI is InChI=1S/C18H25NO2/c1-3-6-16-7-4-5-12-19(16)17-10-8-15(13-14(17)2)9-11-18(20)21/h8-11,13,16H,3-7,12H2,1-2H3,(H,20,21)/b11-9+. The van der Waals surface area contributed by atoms with Gasteiger partial charge in [0.15, 0.2) is 0 Å². The largest absolute Gasteiger partial charge is 0.478 e. The molecule has 1 saturated heterocycles. The normalized spacial score (nSPS) is 19.1. The fourth-order valence-corrected chi connectivity index (χ4v) is 3.22. The Hall–Kier alpha value is -1.77. The predicted octanol–water partition coefficient (Wildman–Crippen LogP) is 4.25. The van der Waals surface area contributed by atoms with Crippen LogP contribution in [-0.2, 0) is 4.79 Å². The van der Waals surface area contributed by atoms with Gasteiger partial charge in [0, 0.05) is 24.4 Å². The van der Waals surface area contributed by atoms with Gasteiger partial charge in [-0.05, 0) is 61.9 Å². The highest BCUT2D eigenvalue weighted by atomic mass is 16.4. The Morgan fingerprint density at radius 1 is 1.43 bits per heavy atom. The van der Waals surface area contributed by atoms with E-state index in [1.165, 1.54) is 49.4 Å². The second kappa shape index (κ2) is 7.30. The molecule has 114 valence electrons. The van der Waals surface area contributed by atoms with Gasteiger partial charge in [-0.1, -0.05) is 19.4 Å². The lowest BCUT2D eigenvalue weighted by molar-refractivity contribution is -0.131. The first-order chi connectivity index (χ1) is 10.1. The van der Waals surface area contributed by atoms with Gasteiger partial charge in [0.1, 0.15) is 0 Å². The molecule has 0 saturated carbocycles. The quantitative estimate of drug-likeness (QED) is 0.823. The summed E-state index contributed by atoms with van der Waals surface area (Å²) >= 11 is 0. The molecule has 3 heteroatoms. The number of piperidine rings is 1. The van der Waals surface area contributed by atoms with Crippen LogP contribution < -0.4 is 4.90 Å². The van der Waals surface area contributed by atoms with E-state index >= 15 is 0 Å². The summed E-state index contributed by atoms with van der Waals surface area (Å²) in [5, 5.41) is 8.70. The summed E-state index contributed by atoms with van der Waals surface area (Å²) in [4.78, 5) is 13.1. The third-order valence-corrected chi connectivity index (χ3v) is 4.20. The fourth-order valence-electron chi connectivity index (χ4n) is 3.22. The third kappa shape index (κ3) is 4.10. The molecule has 21 heavy (non-hydrogen) atoms. The molecule has 1 aliphatic rings. The van der Waals surface area contributed by atoms with Crippen molar-refractivity contribution in [3.8, 4) is 0 Å². The van der Waals surface area contributed by atoms with E-state index in [0.717, 1.165) is 12.1 Å². The number of benzene rings is 1. The number of carboxylic acids is 1. The first kappa shape index (κ1) is 15.6. The van der Waals surface area contributed by atoms with Crippen molar-refractivity contribution in [2.75, 3.05) is 11.4 Å². The van der Waals surface area contributed by atoms with Crippen LogP contribution in [0.1, 0.15) is 50.2 Å². The summed E-state index contributed by atoms with van der Waals surface area (Å²) in [7, 11) is 0. The maximum absolute atomic E-state index is 10.6. The van der Waals surface area contributed by atoms with E-state index in [1.807, 2.05) is 6.07 Å². The van der Waals surface area contributed by atoms with Crippen molar-refractivity contribution in [2.24, 2.45) is 0 Å². The van der Waals surface area contributed by atoms with E-state index in [9.17, 15) is 4.79 Å². The highest BCUT2D eigenvalue weighted by Gasteiger charge is 2.22. The van der Waals surface area contributed by atoms with E-state index in [1.54, 1.807) is 6.08 Å². The molecule has 0 aromatic heterocycles. The molecule has 0 radical (unpaired) electrons. The molecule has 3 nitrogen and oxygen atoms in total. The molecule has 2 rings (SSSR count). The summed E-state index contributed by atoms with van der Waals surface area (Å²) < 4.78 is 0. The molecular formula is C18H25NO2. The zero-order valence-electron chi connectivity index (χ0n) is 13.0. The van der Waals surface area contributed by atoms with Crippen molar-refractivity contribution >= 4 is 17.7 Å². The number of nitrogens with zero attached hydrogens (tertiary/aromatic N) is 1. The van der Waals surface area contributed by atoms with Crippen molar-refractivity contribution < 1.29 is 9.90 Å². The van der Waals surface area contributed by atoms with Crippen molar-refractivity contribution in [2.45, 2.75) is 52.0 Å². The molecule has 1 atom stereocenters. The van der Waals surface area contributed by atoms with Gasteiger partial charge in [-0.25, -0.2) is 4.79 Å². The molecule has 1 N–H and O–H groups in total. The zero-order valence-corrected chi connectivity index (χ0v) is 13.0. The number of anilines is 1. The topological polar surface area (TPSA) is 40.5 Å². The Kier molecular flexibility index (Phi) is 5.43. The van der Waals surface area contributed by atoms with Crippen LogP contribution in [-0.4, -0.2) is 23.7 Å². The maximum atomic E-state index is 10.6. The zero-order chi connectivity index (χ0) is 15.2. The predicted molar refractivity (Wildman–Crippen MR) is 87.7 cm³/mol. The van der Waals surface area contributed by atoms with Gasteiger partial charge in [0.25, 0.3) is 0 Å². The number of hydrogen-bond acceptors (Lipinski definition) is 2. The average Bonchev–Trinajstić information content (AvgIpc) is 2.46. The van der Waals surface area contributed by atoms with E-state index in [-0.39, 0.29) is 0 Å². The minimum absolute atomic E-state index is 0.655. The lowest BCUT2D eigenvalue weighted by Gasteiger charge is -2.38. The number of hydrogen-bond donors (Lipinski definition) is 1. The summed E-state index contributed by atoms with van der Waals surface area (Å²) in [5.74, 6) is -0.907. The van der Waals surface area contributed by atoms with Gasteiger partial charge in [-0.2, -0.15) is 0 Å². The molecule has 0 bridgehead atoms. The Bertz CT molecular complexity index is 520. The molecule has 0 spiro atoms. The molecule has 1 unspecified atom stereocenters. The second-order valence-electron chi connectivity index (χ2n) is 5.85. The summed E-state index contributed by atoms with van der Waals surface area (Å²) in [6.45, 7) is 5.50. The van der Waals surface area contributed by atoms with Crippen LogP contribution in [0, 0.1) is 6.92 Å². The summed E-state index contributed by atoms with van der Waals surface area (Å²) in [6.07, 6.45) is 9.20. The molecule has 1 aliphatic heterocycles. The maximum Gasteiger partial charge on any atom is 0.328 e. The van der Waals surface area contributed by atoms with Gasteiger partial charge in [0.2, 0.25) is 0 Å². The van der Waals surface area contributed by atoms with Crippen LogP contribution in [0.3, 0.4) is 0 Å². The van der Waals surface area contributed by atoms with Crippen LogP contribution >= 0.6 is 0 Å². The second-order valence-corrected chi connectivity index (χ2v) is 5.85. The smallest absolute Gasteiger partial charge is 0.328 e. The molecular weight excluding hydrogens is 262 g/mol. The van der Waals surface area contributed by atoms with Crippen LogP contribution in [0.5, 0.6) is 0 Å². The van der Waals surface area contributed by atoms with E-state index in [0.29, 0.717) is 6.04 Å². The van der Waals surface area contributed by atoms with Gasteiger partial charge >= 0.3 is 5.97 Å². The summed E-state index contributed by atoms with van der Waals surface area (Å²) in [5.41, 5.74) is 3.48. The Morgan fingerprint density at radius 3 is 2.90 bits per heavy atom. The van der Waals surface area contributed by atoms with Crippen molar-refractivity contribution in [1.82, 2.24) is 0 Å². The SMILES string of the molecule is CCCC1CCCCN1c1ccc(/C=C/C(=O)O)cc1C. The van der Waals surface area contributed by atoms with E-state index < -0.39 is 5.97 Å². The molecule has 0 aliphatic carbocycles. The molecule has 0 amide bonds. The first-order valence-electron chi connectivity index (χ1n) is 7.90. The Balaban J connectivity index is 2.20. The fraction of sp³-hybridized carbons (Fsp3) is 0.500. The number of rotatable bonds is 5. The van der Waals surface area contributed by atoms with Crippen LogP contribution in [0.15, 0.2) is 24.3 Å². The Labute approximate surface area is 127 Å².